The second-order valence-corrected chi connectivity index (χ2v) is 7.32. The maximum absolute atomic E-state index is 13.1. The van der Waals surface area contributed by atoms with Gasteiger partial charge in [-0.15, -0.1) is 0 Å². The molecule has 0 atom stereocenters. The predicted molar refractivity (Wildman–Crippen MR) is 119 cm³/mol. The van der Waals surface area contributed by atoms with Crippen LogP contribution in [-0.4, -0.2) is 44.6 Å². The number of anilines is 1. The first kappa shape index (κ1) is 23.0. The van der Waals surface area contributed by atoms with Crippen LogP contribution in [0.2, 0.25) is 0 Å². The summed E-state index contributed by atoms with van der Waals surface area (Å²) >= 11 is 3.36. The number of amides is 4. The van der Waals surface area contributed by atoms with Crippen LogP contribution in [0.1, 0.15) is 22.8 Å². The van der Waals surface area contributed by atoms with Gasteiger partial charge in [-0.1, -0.05) is 0 Å². The van der Waals surface area contributed by atoms with E-state index in [0.717, 1.165) is 4.90 Å². The smallest absolute Gasteiger partial charge is 0.338 e. The van der Waals surface area contributed by atoms with Crippen molar-refractivity contribution in [1.82, 2.24) is 5.32 Å². The van der Waals surface area contributed by atoms with E-state index in [1.54, 1.807) is 19.1 Å². The molecule has 1 heterocycles. The highest BCUT2D eigenvalue weighted by molar-refractivity contribution is 9.10. The monoisotopic (exact) mass is 502 g/mol. The van der Waals surface area contributed by atoms with Gasteiger partial charge in [0.15, 0.2) is 11.5 Å². The van der Waals surface area contributed by atoms with E-state index in [1.807, 2.05) is 0 Å². The first-order valence-electron chi connectivity index (χ1n) is 9.40. The molecule has 32 heavy (non-hydrogen) atoms. The number of nitrogens with zero attached hydrogens (tertiary/aromatic N) is 1. The lowest BCUT2D eigenvalue weighted by Gasteiger charge is -2.26. The van der Waals surface area contributed by atoms with E-state index in [1.165, 1.54) is 44.6 Å². The zero-order chi connectivity index (χ0) is 23.4. The van der Waals surface area contributed by atoms with Crippen molar-refractivity contribution in [2.75, 3.05) is 25.7 Å². The van der Waals surface area contributed by atoms with Crippen molar-refractivity contribution in [2.45, 2.75) is 6.92 Å². The fraction of sp³-hybridized carbons (Fsp3) is 0.182. The third-order valence-electron chi connectivity index (χ3n) is 4.51. The van der Waals surface area contributed by atoms with Crippen LogP contribution >= 0.6 is 15.9 Å². The van der Waals surface area contributed by atoms with Crippen molar-refractivity contribution in [2.24, 2.45) is 0 Å². The number of urea groups is 1. The first-order chi connectivity index (χ1) is 15.3. The van der Waals surface area contributed by atoms with Crippen LogP contribution in [0.3, 0.4) is 0 Å². The molecule has 0 unspecified atom stereocenters. The van der Waals surface area contributed by atoms with E-state index in [0.29, 0.717) is 21.5 Å². The van der Waals surface area contributed by atoms with Crippen LogP contribution in [-0.2, 0) is 14.3 Å². The number of nitrogens with one attached hydrogen (secondary N) is 1. The summed E-state index contributed by atoms with van der Waals surface area (Å²) in [5.74, 6) is -1.32. The molecule has 0 saturated carbocycles. The lowest BCUT2D eigenvalue weighted by atomic mass is 10.1. The number of carbonyl (C=O) groups excluding carboxylic acids is 4. The second kappa shape index (κ2) is 9.65. The molecule has 0 aromatic heterocycles. The number of methoxy groups -OCH3 is 2. The third-order valence-corrected chi connectivity index (χ3v) is 5.09. The number of imide groups is 2. The Morgan fingerprint density at radius 1 is 1.09 bits per heavy atom. The Morgan fingerprint density at radius 2 is 1.78 bits per heavy atom. The number of carbonyl (C=O) groups is 4. The predicted octanol–water partition coefficient (Wildman–Crippen LogP) is 3.31. The van der Waals surface area contributed by atoms with E-state index in [9.17, 15) is 19.2 Å². The van der Waals surface area contributed by atoms with Gasteiger partial charge in [-0.05, 0) is 70.9 Å². The molecule has 1 aliphatic rings. The zero-order valence-electron chi connectivity index (χ0n) is 17.4. The number of ether oxygens (including phenoxy) is 3. The summed E-state index contributed by atoms with van der Waals surface area (Å²) in [6.45, 7) is 1.90. The number of hydrogen-bond acceptors (Lipinski definition) is 7. The molecule has 2 aromatic rings. The molecule has 10 heteroatoms. The van der Waals surface area contributed by atoms with Gasteiger partial charge in [-0.25, -0.2) is 14.5 Å². The molecule has 2 aromatic carbocycles. The van der Waals surface area contributed by atoms with Crippen LogP contribution < -0.4 is 19.7 Å². The Hall–Kier alpha value is -3.66. The fourth-order valence-corrected chi connectivity index (χ4v) is 3.66. The lowest BCUT2D eigenvalue weighted by Crippen LogP contribution is -2.54. The minimum Gasteiger partial charge on any atom is -0.493 e. The van der Waals surface area contributed by atoms with Crippen LogP contribution in [0.4, 0.5) is 10.5 Å². The maximum Gasteiger partial charge on any atom is 0.338 e. The zero-order valence-corrected chi connectivity index (χ0v) is 19.0. The lowest BCUT2D eigenvalue weighted by molar-refractivity contribution is -0.122. The van der Waals surface area contributed by atoms with Gasteiger partial charge in [0.2, 0.25) is 0 Å². The van der Waals surface area contributed by atoms with Gasteiger partial charge < -0.3 is 14.2 Å². The molecule has 4 amide bonds. The van der Waals surface area contributed by atoms with Crippen molar-refractivity contribution < 1.29 is 33.4 Å². The van der Waals surface area contributed by atoms with Gasteiger partial charge in [0.1, 0.15) is 5.57 Å². The summed E-state index contributed by atoms with van der Waals surface area (Å²) in [6.07, 6.45) is 1.34. The van der Waals surface area contributed by atoms with Gasteiger partial charge in [0, 0.05) is 0 Å². The molecule has 0 spiro atoms. The highest BCUT2D eigenvalue weighted by atomic mass is 79.9. The van der Waals surface area contributed by atoms with Crippen LogP contribution in [0.5, 0.6) is 11.5 Å². The topological polar surface area (TPSA) is 111 Å². The summed E-state index contributed by atoms with van der Waals surface area (Å²) in [5.41, 5.74) is 0.674. The van der Waals surface area contributed by atoms with Crippen LogP contribution in [0.15, 0.2) is 46.4 Å². The molecule has 0 aliphatic carbocycles. The minimum atomic E-state index is -0.894. The van der Waals surface area contributed by atoms with Gasteiger partial charge in [-0.2, -0.15) is 0 Å². The van der Waals surface area contributed by atoms with Crippen molar-refractivity contribution in [3.05, 3.63) is 57.6 Å². The second-order valence-electron chi connectivity index (χ2n) is 6.46. The number of halogens is 1. The average Bonchev–Trinajstić information content (AvgIpc) is 2.76. The molecule has 3 rings (SSSR count). The molecular formula is C22H19BrN2O7. The van der Waals surface area contributed by atoms with Gasteiger partial charge >= 0.3 is 12.0 Å². The number of rotatable bonds is 6. The van der Waals surface area contributed by atoms with Crippen molar-refractivity contribution in [1.29, 1.82) is 0 Å². The molecular weight excluding hydrogens is 484 g/mol. The summed E-state index contributed by atoms with van der Waals surface area (Å²) in [4.78, 5) is 50.5. The SMILES string of the molecule is CCOC(=O)c1ccc(N2C(=O)NC(=O)/C(=C\c3cc(Br)c(OC)c(OC)c3)C2=O)cc1. The maximum atomic E-state index is 13.1. The molecule has 0 bridgehead atoms. The number of hydrogen-bond donors (Lipinski definition) is 1. The van der Waals surface area contributed by atoms with Crippen molar-refractivity contribution in [3.8, 4) is 11.5 Å². The van der Waals surface area contributed by atoms with Crippen LogP contribution in [0.25, 0.3) is 6.08 Å². The molecule has 9 nitrogen and oxygen atoms in total. The summed E-state index contributed by atoms with van der Waals surface area (Å²) < 4.78 is 16.0. The van der Waals surface area contributed by atoms with E-state index in [4.69, 9.17) is 14.2 Å². The number of benzene rings is 2. The third kappa shape index (κ3) is 4.50. The minimum absolute atomic E-state index is 0.187. The van der Waals surface area contributed by atoms with E-state index in [-0.39, 0.29) is 23.4 Å². The van der Waals surface area contributed by atoms with Gasteiger partial charge in [0.25, 0.3) is 11.8 Å². The quantitative estimate of drug-likeness (QED) is 0.366. The molecule has 0 radical (unpaired) electrons. The number of barbiturate groups is 1. The summed E-state index contributed by atoms with van der Waals surface area (Å²) in [6, 6.07) is 8.04. The first-order valence-corrected chi connectivity index (χ1v) is 10.2. The molecule has 1 N–H and O–H groups in total. The Bertz CT molecular complexity index is 1130. The molecule has 1 aliphatic heterocycles. The van der Waals surface area contributed by atoms with Gasteiger partial charge in [-0.3, -0.25) is 14.9 Å². The normalized spacial score (nSPS) is 14.9. The Balaban J connectivity index is 1.97. The van der Waals surface area contributed by atoms with Gasteiger partial charge in [0.05, 0.1) is 36.6 Å². The Labute approximate surface area is 192 Å². The number of esters is 1. The average molecular weight is 503 g/mol. The molecule has 1 saturated heterocycles. The Morgan fingerprint density at radius 3 is 2.38 bits per heavy atom. The largest absolute Gasteiger partial charge is 0.493 e. The Kier molecular flexibility index (Phi) is 6.94. The van der Waals surface area contributed by atoms with E-state index >= 15 is 0 Å². The van der Waals surface area contributed by atoms with Crippen LogP contribution in [0, 0.1) is 0 Å². The van der Waals surface area contributed by atoms with Crippen molar-refractivity contribution in [3.63, 3.8) is 0 Å². The summed E-state index contributed by atoms with van der Waals surface area (Å²) in [7, 11) is 2.94. The standard InChI is InChI=1S/C22H19BrN2O7/c1-4-32-21(28)13-5-7-14(8-6-13)25-20(27)15(19(26)24-22(25)29)9-12-10-16(23)18(31-3)17(11-12)30-2/h5-11H,4H2,1-3H3,(H,24,26,29)/b15-9+. The highest BCUT2D eigenvalue weighted by Crippen LogP contribution is 2.37. The highest BCUT2D eigenvalue weighted by Gasteiger charge is 2.37. The van der Waals surface area contributed by atoms with E-state index < -0.39 is 23.8 Å². The fourth-order valence-electron chi connectivity index (χ4n) is 3.04. The molecule has 166 valence electrons. The molecule has 1 fully saturated rings. The van der Waals surface area contributed by atoms with E-state index in [2.05, 4.69) is 21.2 Å². The van der Waals surface area contributed by atoms with Crippen molar-refractivity contribution >= 4 is 51.5 Å². The summed E-state index contributed by atoms with van der Waals surface area (Å²) in [5, 5.41) is 2.15.